The molecule has 0 fully saturated rings. The maximum absolute atomic E-state index is 12.9. The third-order valence-electron chi connectivity index (χ3n) is 4.80. The van der Waals surface area contributed by atoms with E-state index in [1.807, 2.05) is 6.92 Å². The molecule has 0 spiro atoms. The van der Waals surface area contributed by atoms with Crippen molar-refractivity contribution < 1.29 is 33.0 Å². The van der Waals surface area contributed by atoms with Crippen molar-refractivity contribution >= 4 is 92.2 Å². The minimum absolute atomic E-state index is 0.00947. The average molecular weight is 630 g/mol. The van der Waals surface area contributed by atoms with Gasteiger partial charge in [-0.1, -0.05) is 64.9 Å². The summed E-state index contributed by atoms with van der Waals surface area (Å²) in [5, 5.41) is 2.56. The van der Waals surface area contributed by atoms with E-state index in [1.54, 1.807) is 6.92 Å². The lowest BCUT2D eigenvalue weighted by Crippen LogP contribution is -2.14. The minimum atomic E-state index is -0.679. The third-order valence-corrected chi connectivity index (χ3v) is 8.23. The molecule has 1 amide bonds. The normalized spacial score (nSPS) is 10.8. The Hall–Kier alpha value is -2.14. The van der Waals surface area contributed by atoms with Crippen molar-refractivity contribution in [3.63, 3.8) is 0 Å². The summed E-state index contributed by atoms with van der Waals surface area (Å²) < 4.78 is 21.1. The number of thiophene rings is 1. The molecule has 0 aliphatic carbocycles. The Morgan fingerprint density at radius 3 is 2.19 bits per heavy atom. The van der Waals surface area contributed by atoms with Crippen LogP contribution in [0.2, 0.25) is 25.1 Å². The van der Waals surface area contributed by atoms with Crippen molar-refractivity contribution in [2.45, 2.75) is 26.9 Å². The van der Waals surface area contributed by atoms with Crippen LogP contribution in [0.4, 0.5) is 5.00 Å². The molecular formula is C23H18Cl5NO7S. The first kappa shape index (κ1) is 29.4. The van der Waals surface area contributed by atoms with Gasteiger partial charge >= 0.3 is 11.9 Å². The molecule has 1 N–H and O–H groups in total. The van der Waals surface area contributed by atoms with Gasteiger partial charge in [0.1, 0.15) is 32.3 Å². The molecule has 0 saturated carbocycles. The lowest BCUT2D eigenvalue weighted by molar-refractivity contribution is 0.0506. The van der Waals surface area contributed by atoms with Gasteiger partial charge in [0.25, 0.3) is 5.91 Å². The van der Waals surface area contributed by atoms with Crippen LogP contribution in [-0.2, 0) is 16.1 Å². The Bertz CT molecular complexity index is 1340. The molecule has 3 rings (SSSR count). The number of halogens is 5. The Morgan fingerprint density at radius 1 is 0.973 bits per heavy atom. The lowest BCUT2D eigenvalue weighted by atomic mass is 10.1. The van der Waals surface area contributed by atoms with Crippen LogP contribution in [0, 0.1) is 6.92 Å². The van der Waals surface area contributed by atoms with E-state index in [-0.39, 0.29) is 71.0 Å². The first-order chi connectivity index (χ1) is 17.5. The second-order valence-electron chi connectivity index (χ2n) is 7.30. The van der Waals surface area contributed by atoms with E-state index in [1.165, 1.54) is 19.2 Å². The fourth-order valence-electron chi connectivity index (χ4n) is 3.00. The molecule has 0 bridgehead atoms. The summed E-state index contributed by atoms with van der Waals surface area (Å²) in [6.45, 7) is 3.40. The molecule has 3 aromatic rings. The monoisotopic (exact) mass is 627 g/mol. The fraction of sp³-hybridized carbons (Fsp3) is 0.261. The summed E-state index contributed by atoms with van der Waals surface area (Å²) in [6.07, 6.45) is 0.600. The molecule has 2 heterocycles. The van der Waals surface area contributed by atoms with Gasteiger partial charge in [-0.3, -0.25) is 4.79 Å². The van der Waals surface area contributed by atoms with Crippen LogP contribution in [0.25, 0.3) is 0 Å². The first-order valence-electron chi connectivity index (χ1n) is 10.4. The van der Waals surface area contributed by atoms with Crippen LogP contribution >= 0.6 is 69.3 Å². The van der Waals surface area contributed by atoms with Crippen molar-refractivity contribution in [3.05, 3.63) is 64.8 Å². The summed E-state index contributed by atoms with van der Waals surface area (Å²) in [4.78, 5) is 37.8. The van der Waals surface area contributed by atoms with Crippen molar-refractivity contribution in [2.75, 3.05) is 19.0 Å². The van der Waals surface area contributed by atoms with Gasteiger partial charge in [-0.2, -0.15) is 0 Å². The zero-order valence-electron chi connectivity index (χ0n) is 19.4. The number of ether oxygens (including phenoxy) is 3. The Kier molecular flexibility index (Phi) is 10.0. The van der Waals surface area contributed by atoms with Gasteiger partial charge in [-0.15, -0.1) is 11.3 Å². The minimum Gasteiger partial charge on any atom is -0.482 e. The molecule has 14 heteroatoms. The number of nitrogens with one attached hydrogen (secondary N) is 1. The van der Waals surface area contributed by atoms with Crippen LogP contribution in [0.1, 0.15) is 55.3 Å². The fourth-order valence-corrected chi connectivity index (χ4v) is 5.34. The molecule has 8 nitrogen and oxygen atoms in total. The number of hydrogen-bond donors (Lipinski definition) is 1. The molecule has 0 saturated heterocycles. The van der Waals surface area contributed by atoms with Gasteiger partial charge in [-0.05, 0) is 31.0 Å². The number of amides is 1. The maximum Gasteiger partial charge on any atom is 0.348 e. The predicted molar refractivity (Wildman–Crippen MR) is 143 cm³/mol. The van der Waals surface area contributed by atoms with Crippen molar-refractivity contribution in [1.29, 1.82) is 0 Å². The zero-order valence-corrected chi connectivity index (χ0v) is 24.0. The Morgan fingerprint density at radius 2 is 1.59 bits per heavy atom. The van der Waals surface area contributed by atoms with Crippen molar-refractivity contribution in [2.24, 2.45) is 0 Å². The standard InChI is InChI=1S/C23H18Cl5NO7S/c1-4-7-34-22(31)12-9(2)19(23(32)33-3)37-21(12)29-20(30)11-6-5-10(36-11)8-35-18-16(27)14(25)13(24)15(26)17(18)28/h5-6H,4,7-8H2,1-3H3,(H,29,30). The molecular weight excluding hydrogens is 612 g/mol. The molecule has 1 aromatic carbocycles. The number of anilines is 1. The number of carbonyl (C=O) groups is 3. The van der Waals surface area contributed by atoms with Crippen LogP contribution in [-0.4, -0.2) is 31.6 Å². The van der Waals surface area contributed by atoms with Crippen LogP contribution < -0.4 is 10.1 Å². The van der Waals surface area contributed by atoms with Crippen molar-refractivity contribution in [1.82, 2.24) is 0 Å². The highest BCUT2D eigenvalue weighted by atomic mass is 35.5. The maximum atomic E-state index is 12.9. The Labute approximate surface area is 240 Å². The highest BCUT2D eigenvalue weighted by molar-refractivity contribution is 7.18. The van der Waals surface area contributed by atoms with E-state index in [9.17, 15) is 14.4 Å². The summed E-state index contributed by atoms with van der Waals surface area (Å²) in [5.41, 5.74) is 0.388. The molecule has 0 atom stereocenters. The van der Waals surface area contributed by atoms with Gasteiger partial charge in [-0.25, -0.2) is 9.59 Å². The van der Waals surface area contributed by atoms with Gasteiger partial charge in [0.05, 0.1) is 34.3 Å². The van der Waals surface area contributed by atoms with E-state index >= 15 is 0 Å². The largest absolute Gasteiger partial charge is 0.482 e. The summed E-state index contributed by atoms with van der Waals surface area (Å²) in [6, 6.07) is 2.89. The molecule has 37 heavy (non-hydrogen) atoms. The van der Waals surface area contributed by atoms with Crippen LogP contribution in [0.5, 0.6) is 5.75 Å². The molecule has 0 aliphatic heterocycles. The summed E-state index contributed by atoms with van der Waals surface area (Å²) in [5.74, 6) is -1.87. The summed E-state index contributed by atoms with van der Waals surface area (Å²) >= 11 is 31.3. The quantitative estimate of drug-likeness (QED) is 0.145. The highest BCUT2D eigenvalue weighted by Crippen LogP contribution is 2.48. The van der Waals surface area contributed by atoms with E-state index in [0.717, 1.165) is 11.3 Å². The molecule has 0 aliphatic rings. The van der Waals surface area contributed by atoms with Gasteiger partial charge in [0, 0.05) is 0 Å². The van der Waals surface area contributed by atoms with Crippen LogP contribution in [0.3, 0.4) is 0 Å². The average Bonchev–Trinajstić information content (AvgIpc) is 3.48. The number of hydrogen-bond acceptors (Lipinski definition) is 8. The van der Waals surface area contributed by atoms with E-state index < -0.39 is 17.8 Å². The lowest BCUT2D eigenvalue weighted by Gasteiger charge is -2.12. The van der Waals surface area contributed by atoms with E-state index in [4.69, 9.17) is 76.6 Å². The smallest absolute Gasteiger partial charge is 0.348 e. The number of esters is 2. The highest BCUT2D eigenvalue weighted by Gasteiger charge is 2.28. The predicted octanol–water partition coefficient (Wildman–Crippen LogP) is 8.10. The molecule has 0 unspecified atom stereocenters. The second kappa shape index (κ2) is 12.6. The zero-order chi connectivity index (χ0) is 27.4. The number of methoxy groups -OCH3 is 1. The number of benzene rings is 1. The first-order valence-corrected chi connectivity index (χ1v) is 13.1. The van der Waals surface area contributed by atoms with Gasteiger partial charge < -0.3 is 23.9 Å². The third kappa shape index (κ3) is 6.30. The molecule has 198 valence electrons. The number of carbonyl (C=O) groups excluding carboxylic acids is 3. The SMILES string of the molecule is CCCOC(=O)c1c(NC(=O)c2ccc(COc3c(Cl)c(Cl)c(Cl)c(Cl)c3Cl)o2)sc(C(=O)OC)c1C. The molecule has 0 radical (unpaired) electrons. The Balaban J connectivity index is 1.80. The summed E-state index contributed by atoms with van der Waals surface area (Å²) in [7, 11) is 1.22. The molecule has 2 aromatic heterocycles. The second-order valence-corrected chi connectivity index (χ2v) is 10.2. The van der Waals surface area contributed by atoms with Crippen LogP contribution in [0.15, 0.2) is 16.5 Å². The van der Waals surface area contributed by atoms with Gasteiger partial charge in [0.15, 0.2) is 11.5 Å². The van der Waals surface area contributed by atoms with Crippen molar-refractivity contribution in [3.8, 4) is 5.75 Å². The van der Waals surface area contributed by atoms with E-state index in [2.05, 4.69) is 5.32 Å². The van der Waals surface area contributed by atoms with E-state index in [0.29, 0.717) is 12.0 Å². The van der Waals surface area contributed by atoms with Gasteiger partial charge in [0.2, 0.25) is 0 Å². The number of rotatable bonds is 9. The topological polar surface area (TPSA) is 104 Å². The number of furan rings is 1.